The van der Waals surface area contributed by atoms with Crippen molar-refractivity contribution in [1.29, 1.82) is 0 Å². The molecular formula is C27H25F6N3O2. The summed E-state index contributed by atoms with van der Waals surface area (Å²) >= 11 is 0. The molecule has 2 N–H and O–H groups in total. The molecule has 3 fully saturated rings. The van der Waals surface area contributed by atoms with E-state index in [0.717, 1.165) is 50.1 Å². The summed E-state index contributed by atoms with van der Waals surface area (Å²) in [6.45, 7) is 4.00. The summed E-state index contributed by atoms with van der Waals surface area (Å²) in [6, 6.07) is 6.90. The maximum absolute atomic E-state index is 14.0. The summed E-state index contributed by atoms with van der Waals surface area (Å²) in [5, 5.41) is 1.33. The van der Waals surface area contributed by atoms with E-state index in [2.05, 4.69) is 10.3 Å². The van der Waals surface area contributed by atoms with E-state index in [9.17, 15) is 35.9 Å². The number of halogens is 6. The molecule has 1 aliphatic heterocycles. The first kappa shape index (κ1) is 26.1. The van der Waals surface area contributed by atoms with Crippen LogP contribution in [0.1, 0.15) is 61.0 Å². The van der Waals surface area contributed by atoms with Gasteiger partial charge in [0.1, 0.15) is 5.56 Å². The number of amides is 1. The Balaban J connectivity index is 0.00000144. The monoisotopic (exact) mass is 537 g/mol. The Labute approximate surface area is 213 Å². The minimum atomic E-state index is -4.86. The zero-order valence-electron chi connectivity index (χ0n) is 20.6. The van der Waals surface area contributed by atoms with Gasteiger partial charge in [-0.2, -0.15) is 26.3 Å². The second-order valence-electron chi connectivity index (χ2n) is 9.63. The largest absolute Gasteiger partial charge is 0.418 e. The highest BCUT2D eigenvalue weighted by atomic mass is 19.4. The van der Waals surface area contributed by atoms with E-state index in [1.165, 1.54) is 12.1 Å². The summed E-state index contributed by atoms with van der Waals surface area (Å²) < 4.78 is 82.1. The molecule has 2 saturated carbocycles. The first-order chi connectivity index (χ1) is 17.9. The number of aromatic nitrogens is 1. The van der Waals surface area contributed by atoms with Crippen LogP contribution < -0.4 is 15.6 Å². The molecule has 2 aliphatic carbocycles. The van der Waals surface area contributed by atoms with Crippen molar-refractivity contribution < 1.29 is 31.1 Å². The number of anilines is 2. The zero-order valence-corrected chi connectivity index (χ0v) is 20.6. The lowest BCUT2D eigenvalue weighted by atomic mass is 9.74. The molecule has 38 heavy (non-hydrogen) atoms. The molecule has 1 aromatic heterocycles. The molecule has 3 aliphatic rings. The van der Waals surface area contributed by atoms with Crippen LogP contribution in [0.15, 0.2) is 47.4 Å². The number of hydrogen-bond acceptors (Lipinski definition) is 3. The van der Waals surface area contributed by atoms with Gasteiger partial charge >= 0.3 is 12.4 Å². The first-order valence-corrected chi connectivity index (χ1v) is 12.5. The van der Waals surface area contributed by atoms with Gasteiger partial charge in [-0.3, -0.25) is 9.59 Å². The number of fused-ring (bicyclic) bond motifs is 1. The summed E-state index contributed by atoms with van der Waals surface area (Å²) in [5.74, 6) is -0.743. The van der Waals surface area contributed by atoms with Crippen LogP contribution in [0.5, 0.6) is 0 Å². The van der Waals surface area contributed by atoms with Gasteiger partial charge in [0.25, 0.3) is 5.91 Å². The number of H-pyrrole nitrogens is 1. The standard InChI is InChI=1S/C25H19F6N3O2.C2H6/c26-24(27,28)15-2-1-3-18-20(15)21(35)14(11-32-18)22(36)33-17-6-5-13(10-16(17)25(29,30)31)34-19-7-4-12-8-9-23(12,19)34;1-2/h1-3,5-6,10-12,19H,4,7-9H2,(H,32,35)(H,33,36);1-2H3. The van der Waals surface area contributed by atoms with Gasteiger partial charge < -0.3 is 15.2 Å². The quantitative estimate of drug-likeness (QED) is 0.280. The Kier molecular flexibility index (Phi) is 6.03. The highest BCUT2D eigenvalue weighted by Crippen LogP contribution is 2.68. The van der Waals surface area contributed by atoms with Crippen molar-refractivity contribution >= 4 is 28.2 Å². The van der Waals surface area contributed by atoms with Gasteiger partial charge in [0.05, 0.1) is 33.8 Å². The van der Waals surface area contributed by atoms with Crippen molar-refractivity contribution in [3.63, 3.8) is 0 Å². The topological polar surface area (TPSA) is 65.0 Å². The molecule has 3 atom stereocenters. The minimum Gasteiger partial charge on any atom is -0.360 e. The fourth-order valence-electron chi connectivity index (χ4n) is 6.25. The highest BCUT2D eigenvalue weighted by molar-refractivity contribution is 6.06. The van der Waals surface area contributed by atoms with Crippen molar-refractivity contribution in [2.24, 2.45) is 5.92 Å². The fraction of sp³-hybridized carbons (Fsp3) is 0.407. The maximum Gasteiger partial charge on any atom is 0.418 e. The van der Waals surface area contributed by atoms with Crippen molar-refractivity contribution in [2.45, 2.75) is 63.5 Å². The third-order valence-corrected chi connectivity index (χ3v) is 7.95. The first-order valence-electron chi connectivity index (χ1n) is 12.5. The normalized spacial score (nSPS) is 23.6. The number of nitrogens with zero attached hydrogens (tertiary/aromatic N) is 1. The van der Waals surface area contributed by atoms with Gasteiger partial charge in [0.15, 0.2) is 0 Å². The van der Waals surface area contributed by atoms with Crippen LogP contribution in [0.25, 0.3) is 10.9 Å². The van der Waals surface area contributed by atoms with E-state index < -0.39 is 51.5 Å². The molecule has 11 heteroatoms. The van der Waals surface area contributed by atoms with Gasteiger partial charge in [0, 0.05) is 17.4 Å². The van der Waals surface area contributed by atoms with E-state index in [-0.39, 0.29) is 17.1 Å². The van der Waals surface area contributed by atoms with Crippen molar-refractivity contribution in [3.05, 3.63) is 69.5 Å². The van der Waals surface area contributed by atoms with E-state index in [1.807, 2.05) is 18.7 Å². The molecule has 6 rings (SSSR count). The van der Waals surface area contributed by atoms with Gasteiger partial charge in [-0.05, 0) is 61.9 Å². The number of piperidine rings is 1. The van der Waals surface area contributed by atoms with Crippen LogP contribution >= 0.6 is 0 Å². The fourth-order valence-corrected chi connectivity index (χ4v) is 6.25. The Bertz CT molecular complexity index is 1480. The number of nitrogens with one attached hydrogen (secondary N) is 2. The Morgan fingerprint density at radius 3 is 2.32 bits per heavy atom. The van der Waals surface area contributed by atoms with Gasteiger partial charge in [-0.25, -0.2) is 0 Å². The van der Waals surface area contributed by atoms with Gasteiger partial charge in [-0.15, -0.1) is 0 Å². The lowest BCUT2D eigenvalue weighted by Gasteiger charge is -2.36. The summed E-state index contributed by atoms with van der Waals surface area (Å²) in [7, 11) is 0. The van der Waals surface area contributed by atoms with Crippen LogP contribution in [0.3, 0.4) is 0 Å². The zero-order chi connectivity index (χ0) is 27.6. The third-order valence-electron chi connectivity index (χ3n) is 7.95. The highest BCUT2D eigenvalue weighted by Gasteiger charge is 2.73. The number of alkyl halides is 6. The molecule has 3 unspecified atom stereocenters. The third kappa shape index (κ3) is 3.85. The van der Waals surface area contributed by atoms with Crippen LogP contribution in [0.4, 0.5) is 37.7 Å². The summed E-state index contributed by atoms with van der Waals surface area (Å²) in [4.78, 5) is 30.1. The van der Waals surface area contributed by atoms with E-state index in [1.54, 1.807) is 0 Å². The van der Waals surface area contributed by atoms with E-state index >= 15 is 0 Å². The Morgan fingerprint density at radius 2 is 1.71 bits per heavy atom. The molecule has 1 spiro atoms. The average molecular weight is 538 g/mol. The Morgan fingerprint density at radius 1 is 1.00 bits per heavy atom. The predicted molar refractivity (Wildman–Crippen MR) is 131 cm³/mol. The molecule has 2 aromatic carbocycles. The van der Waals surface area contributed by atoms with Gasteiger partial charge in [0.2, 0.25) is 5.43 Å². The molecule has 0 radical (unpaired) electrons. The number of benzene rings is 2. The molecule has 2 heterocycles. The number of pyridine rings is 1. The second kappa shape index (κ2) is 8.78. The summed E-state index contributed by atoms with van der Waals surface area (Å²) in [6.07, 6.45) is -4.73. The van der Waals surface area contributed by atoms with Crippen LogP contribution in [-0.4, -0.2) is 22.5 Å². The van der Waals surface area contributed by atoms with Crippen LogP contribution in [0, 0.1) is 5.92 Å². The number of rotatable bonds is 3. The number of hydrogen-bond donors (Lipinski definition) is 2. The molecule has 1 saturated heterocycles. The van der Waals surface area contributed by atoms with E-state index in [4.69, 9.17) is 0 Å². The average Bonchev–Trinajstić information content (AvgIpc) is 3.47. The second-order valence-corrected chi connectivity index (χ2v) is 9.63. The number of carbonyl (C=O) groups excluding carboxylic acids is 1. The molecule has 202 valence electrons. The van der Waals surface area contributed by atoms with Crippen molar-refractivity contribution in [2.75, 3.05) is 10.2 Å². The Hall–Kier alpha value is -3.50. The van der Waals surface area contributed by atoms with Crippen LogP contribution in [-0.2, 0) is 12.4 Å². The molecule has 5 nitrogen and oxygen atoms in total. The molecule has 3 aromatic rings. The molecule has 1 amide bonds. The van der Waals surface area contributed by atoms with Gasteiger partial charge in [-0.1, -0.05) is 19.9 Å². The van der Waals surface area contributed by atoms with E-state index in [0.29, 0.717) is 17.7 Å². The minimum absolute atomic E-state index is 0.0395. The molecular weight excluding hydrogens is 512 g/mol. The lowest BCUT2D eigenvalue weighted by molar-refractivity contribution is -0.137. The van der Waals surface area contributed by atoms with Crippen molar-refractivity contribution in [1.82, 2.24) is 4.98 Å². The summed E-state index contributed by atoms with van der Waals surface area (Å²) in [5.41, 5.74) is -4.62. The maximum atomic E-state index is 14.0. The van der Waals surface area contributed by atoms with Crippen LogP contribution in [0.2, 0.25) is 0 Å². The SMILES string of the molecule is CC.O=C(Nc1ccc(N2C3CCC4CCC432)cc1C(F)(F)F)c1c[nH]c2cccc(C(F)(F)F)c2c1=O. The predicted octanol–water partition coefficient (Wildman–Crippen LogP) is 6.98. The van der Waals surface area contributed by atoms with Crippen molar-refractivity contribution in [3.8, 4) is 0 Å². The molecule has 0 bridgehead atoms. The lowest BCUT2D eigenvalue weighted by Crippen LogP contribution is -2.37. The number of carbonyl (C=O) groups is 1. The number of aromatic amines is 1. The smallest absolute Gasteiger partial charge is 0.360 e.